The summed E-state index contributed by atoms with van der Waals surface area (Å²) < 4.78 is 17.3. The van der Waals surface area contributed by atoms with Gasteiger partial charge in [0.05, 0.1) is 32.9 Å². The van der Waals surface area contributed by atoms with E-state index in [0.717, 1.165) is 0 Å². The van der Waals surface area contributed by atoms with Gasteiger partial charge in [0.2, 0.25) is 11.6 Å². The second-order valence-electron chi connectivity index (χ2n) is 7.29. The lowest BCUT2D eigenvalue weighted by Crippen LogP contribution is -2.28. The van der Waals surface area contributed by atoms with Crippen LogP contribution in [0, 0.1) is 11.3 Å². The zero-order chi connectivity index (χ0) is 25.4. The summed E-state index contributed by atoms with van der Waals surface area (Å²) in [5.74, 6) is -0.490. The number of benzene rings is 2. The molecule has 0 atom stereocenters. The van der Waals surface area contributed by atoms with Gasteiger partial charge in [0.15, 0.2) is 17.2 Å². The molecule has 0 spiro atoms. The number of ether oxygens (including phenoxy) is 3. The molecule has 2 N–H and O–H groups in total. The first kappa shape index (κ1) is 25.0. The largest absolute Gasteiger partial charge is 0.493 e. The number of hydrogen-bond donors (Lipinski definition) is 2. The molecule has 0 unspecified atom stereocenters. The van der Waals surface area contributed by atoms with Gasteiger partial charge in [0.1, 0.15) is 6.54 Å². The lowest BCUT2D eigenvalue weighted by atomic mass is 10.1. The lowest BCUT2D eigenvalue weighted by Gasteiger charge is -2.13. The minimum atomic E-state index is -0.716. The summed E-state index contributed by atoms with van der Waals surface area (Å²) in [4.78, 5) is 24.9. The Labute approximate surface area is 201 Å². The Balaban J connectivity index is 1.73. The van der Waals surface area contributed by atoms with Crippen LogP contribution in [0.15, 0.2) is 46.6 Å². The highest BCUT2D eigenvalue weighted by molar-refractivity contribution is 5.98. The molecule has 35 heavy (non-hydrogen) atoms. The molecule has 0 radical (unpaired) electrons. The van der Waals surface area contributed by atoms with Gasteiger partial charge < -0.3 is 29.2 Å². The normalized spacial score (nSPS) is 10.8. The number of carbonyl (C=O) groups is 2. The quantitative estimate of drug-likeness (QED) is 0.333. The van der Waals surface area contributed by atoms with Crippen LogP contribution in [0.4, 0.5) is 5.69 Å². The average molecular weight is 479 g/mol. The molecule has 0 saturated heterocycles. The van der Waals surface area contributed by atoms with Crippen LogP contribution in [-0.4, -0.2) is 49.4 Å². The summed E-state index contributed by atoms with van der Waals surface area (Å²) in [6.07, 6.45) is 0.887. The second kappa shape index (κ2) is 11.5. The van der Waals surface area contributed by atoms with E-state index in [9.17, 15) is 14.7 Å². The summed E-state index contributed by atoms with van der Waals surface area (Å²) >= 11 is 0. The number of aryl methyl sites for hydroxylation is 1. The predicted octanol–water partition coefficient (Wildman–Crippen LogP) is 3.72. The maximum atomic E-state index is 12.6. The van der Waals surface area contributed by atoms with Gasteiger partial charge in [-0.2, -0.15) is 5.26 Å². The smallest absolute Gasteiger partial charge is 0.283 e. The highest BCUT2D eigenvalue weighted by atomic mass is 16.5. The van der Waals surface area contributed by atoms with E-state index in [1.54, 1.807) is 22.8 Å². The van der Waals surface area contributed by atoms with Crippen molar-refractivity contribution >= 4 is 28.4 Å². The molecule has 0 saturated carbocycles. The molecule has 0 fully saturated rings. The zero-order valence-corrected chi connectivity index (χ0v) is 19.6. The molecule has 3 aromatic rings. The predicted molar refractivity (Wildman–Crippen MR) is 126 cm³/mol. The molecule has 0 aliphatic carbocycles. The number of amides is 2. The lowest BCUT2D eigenvalue weighted by molar-refractivity contribution is -0.117. The number of nitrogens with one attached hydrogen (secondary N) is 1. The minimum Gasteiger partial charge on any atom is -0.493 e. The van der Waals surface area contributed by atoms with Crippen molar-refractivity contribution < 1.29 is 28.9 Å². The number of hydrogen-bond acceptors (Lipinski definition) is 8. The number of para-hydroxylation sites is 1. The summed E-state index contributed by atoms with van der Waals surface area (Å²) in [6.45, 7) is -0.00518. The third-order valence-electron chi connectivity index (χ3n) is 5.18. The molecule has 0 aliphatic rings. The molecule has 11 heteroatoms. The number of rotatable bonds is 10. The van der Waals surface area contributed by atoms with E-state index in [4.69, 9.17) is 19.5 Å². The van der Waals surface area contributed by atoms with Gasteiger partial charge in [-0.25, -0.2) is 0 Å². The Bertz CT molecular complexity index is 1280. The number of carbonyl (C=O) groups excluding carboxylic acids is 2. The van der Waals surface area contributed by atoms with E-state index < -0.39 is 18.4 Å². The van der Waals surface area contributed by atoms with Crippen molar-refractivity contribution in [2.75, 3.05) is 27.9 Å². The molecule has 11 nitrogen and oxygen atoms in total. The summed E-state index contributed by atoms with van der Waals surface area (Å²) in [5, 5.41) is 30.1. The number of nitrogens with zero attached hydrogens (tertiary/aromatic N) is 4. The van der Waals surface area contributed by atoms with E-state index in [1.807, 2.05) is 6.07 Å². The van der Waals surface area contributed by atoms with Crippen LogP contribution < -0.4 is 19.5 Å². The fraction of sp³-hybridized carbons (Fsp3) is 0.292. The maximum Gasteiger partial charge on any atom is 0.283 e. The molecule has 0 bridgehead atoms. The molecular weight excluding hydrogens is 454 g/mol. The van der Waals surface area contributed by atoms with E-state index in [1.165, 1.54) is 33.5 Å². The number of nitriles is 1. The Morgan fingerprint density at radius 1 is 1.11 bits per heavy atom. The monoisotopic (exact) mass is 479 g/mol. The van der Waals surface area contributed by atoms with Crippen LogP contribution in [0.5, 0.6) is 23.1 Å². The Morgan fingerprint density at radius 2 is 1.80 bits per heavy atom. The summed E-state index contributed by atoms with van der Waals surface area (Å²) in [7, 11) is 4.31. The van der Waals surface area contributed by atoms with Crippen LogP contribution in [0.3, 0.4) is 0 Å². The average Bonchev–Trinajstić information content (AvgIpc) is 3.15. The number of unbranched alkanes of at least 4 members (excludes halogenated alkanes) is 1. The molecule has 1 heterocycles. The zero-order valence-electron chi connectivity index (χ0n) is 19.6. The summed E-state index contributed by atoms with van der Waals surface area (Å²) in [5.41, 5.74) is 1.05. The molecule has 1 aromatic heterocycles. The molecular formula is C24H25N5O6. The van der Waals surface area contributed by atoms with E-state index in [-0.39, 0.29) is 17.1 Å². The Morgan fingerprint density at radius 3 is 2.43 bits per heavy atom. The van der Waals surface area contributed by atoms with E-state index in [2.05, 4.69) is 21.6 Å². The number of aromatic hydroxyl groups is 1. The number of fused-ring (bicyclic) bond motifs is 1. The minimum absolute atomic E-state index is 0.141. The molecule has 2 aromatic carbocycles. The molecule has 3 rings (SSSR count). The van der Waals surface area contributed by atoms with Gasteiger partial charge in [-0.1, -0.05) is 18.2 Å². The molecule has 2 amide bonds. The maximum absolute atomic E-state index is 12.6. The van der Waals surface area contributed by atoms with Crippen LogP contribution in [0.1, 0.15) is 23.2 Å². The number of azo groups is 1. The fourth-order valence-electron chi connectivity index (χ4n) is 3.52. The molecule has 0 aliphatic heterocycles. The fourth-order valence-corrected chi connectivity index (χ4v) is 3.52. The van der Waals surface area contributed by atoms with Crippen molar-refractivity contribution in [3.63, 3.8) is 0 Å². The van der Waals surface area contributed by atoms with Crippen molar-refractivity contribution in [3.8, 4) is 29.2 Å². The first-order valence-corrected chi connectivity index (χ1v) is 10.6. The van der Waals surface area contributed by atoms with Crippen LogP contribution in [-0.2, 0) is 11.3 Å². The number of aromatic nitrogens is 1. The van der Waals surface area contributed by atoms with Gasteiger partial charge in [0.25, 0.3) is 11.8 Å². The van der Waals surface area contributed by atoms with Crippen LogP contribution in [0.2, 0.25) is 0 Å². The Hall–Kier alpha value is -4.59. The topological polar surface area (TPSA) is 148 Å². The van der Waals surface area contributed by atoms with Crippen molar-refractivity contribution in [3.05, 3.63) is 42.0 Å². The van der Waals surface area contributed by atoms with E-state index in [0.29, 0.717) is 47.5 Å². The summed E-state index contributed by atoms with van der Waals surface area (Å²) in [6, 6.07) is 12.1. The van der Waals surface area contributed by atoms with Crippen LogP contribution >= 0.6 is 0 Å². The van der Waals surface area contributed by atoms with Gasteiger partial charge in [0, 0.05) is 23.9 Å². The second-order valence-corrected chi connectivity index (χ2v) is 7.29. The third kappa shape index (κ3) is 5.50. The highest BCUT2D eigenvalue weighted by Gasteiger charge is 2.19. The van der Waals surface area contributed by atoms with E-state index >= 15 is 0 Å². The molecule has 182 valence electrons. The third-order valence-corrected chi connectivity index (χ3v) is 5.18. The van der Waals surface area contributed by atoms with Crippen molar-refractivity contribution in [2.45, 2.75) is 19.4 Å². The standard InChI is InChI=1S/C24H25N5O6/c1-33-18-12-15(13-19(34-2)22(18)35-3)23(31)26-14-20(30)27-28-21-16-8-4-5-9-17(16)29(24(21)32)11-7-6-10-25/h4-5,8-9,12-13,32H,6-7,11,14H2,1-3H3,(H,26,31). The first-order valence-electron chi connectivity index (χ1n) is 10.6. The van der Waals surface area contributed by atoms with Gasteiger partial charge in [-0.05, 0) is 24.6 Å². The van der Waals surface area contributed by atoms with Crippen molar-refractivity contribution in [1.29, 1.82) is 5.26 Å². The van der Waals surface area contributed by atoms with Crippen molar-refractivity contribution in [2.24, 2.45) is 10.2 Å². The van der Waals surface area contributed by atoms with Crippen LogP contribution in [0.25, 0.3) is 10.9 Å². The van der Waals surface area contributed by atoms with Gasteiger partial charge in [-0.15, -0.1) is 10.2 Å². The number of methoxy groups -OCH3 is 3. The van der Waals surface area contributed by atoms with Gasteiger partial charge >= 0.3 is 0 Å². The van der Waals surface area contributed by atoms with Crippen molar-refractivity contribution in [1.82, 2.24) is 9.88 Å². The first-order chi connectivity index (χ1) is 16.9. The van der Waals surface area contributed by atoms with Gasteiger partial charge in [-0.3, -0.25) is 9.59 Å². The SMILES string of the molecule is COc1cc(C(=O)NCC(=O)N=Nc2c(O)n(CCCC#N)c3ccccc23)cc(OC)c1OC. The highest BCUT2D eigenvalue weighted by Crippen LogP contribution is 2.39. The Kier molecular flexibility index (Phi) is 8.24.